The van der Waals surface area contributed by atoms with Crippen molar-refractivity contribution in [1.82, 2.24) is 15.0 Å². The van der Waals surface area contributed by atoms with Gasteiger partial charge in [-0.2, -0.15) is 0 Å². The van der Waals surface area contributed by atoms with Crippen molar-refractivity contribution >= 4 is 33.8 Å². The molecule has 2 heterocycles. The van der Waals surface area contributed by atoms with Gasteiger partial charge in [0, 0.05) is 6.20 Å². The summed E-state index contributed by atoms with van der Waals surface area (Å²) in [5, 5.41) is 11.1. The highest BCUT2D eigenvalue weighted by Gasteiger charge is 2.19. The number of hydrogen-bond donors (Lipinski definition) is 2. The largest absolute Gasteiger partial charge is 0.493 e. The van der Waals surface area contributed by atoms with E-state index in [-0.39, 0.29) is 12.3 Å². The Hall–Kier alpha value is -3.73. The number of hydrogen-bond acceptors (Lipinski definition) is 7. The van der Waals surface area contributed by atoms with Gasteiger partial charge in [0.25, 0.3) is 0 Å². The second-order valence-electron chi connectivity index (χ2n) is 5.90. The van der Waals surface area contributed by atoms with E-state index >= 15 is 0 Å². The fourth-order valence-electron chi connectivity index (χ4n) is 2.58. The molecule has 0 aliphatic rings. The van der Waals surface area contributed by atoms with Gasteiger partial charge in [0.2, 0.25) is 0 Å². The van der Waals surface area contributed by atoms with Crippen LogP contribution >= 0.6 is 15.9 Å². The number of pyridine rings is 1. The summed E-state index contributed by atoms with van der Waals surface area (Å²) >= 11 is 3.42. The predicted octanol–water partition coefficient (Wildman–Crippen LogP) is 2.89. The predicted molar refractivity (Wildman–Crippen MR) is 113 cm³/mol. The average Bonchev–Trinajstić information content (AvgIpc) is 2.71. The second-order valence-corrected chi connectivity index (χ2v) is 6.76. The third-order valence-electron chi connectivity index (χ3n) is 3.91. The molecule has 3 rings (SSSR count). The molecule has 2 aromatic heterocycles. The third kappa shape index (κ3) is 4.81. The summed E-state index contributed by atoms with van der Waals surface area (Å²) in [5.74, 6) is 0.865. The summed E-state index contributed by atoms with van der Waals surface area (Å²) < 4.78 is 11.8. The van der Waals surface area contributed by atoms with Gasteiger partial charge in [0.1, 0.15) is 12.3 Å². The van der Waals surface area contributed by atoms with E-state index in [1.807, 2.05) is 17.1 Å². The van der Waals surface area contributed by atoms with Gasteiger partial charge in [-0.25, -0.2) is 4.79 Å². The van der Waals surface area contributed by atoms with Crippen LogP contribution in [0.4, 0.5) is 5.69 Å². The number of aromatic nitrogens is 3. The molecular weight excluding hydrogens is 460 g/mol. The van der Waals surface area contributed by atoms with Gasteiger partial charge in [-0.3, -0.25) is 24.9 Å². The summed E-state index contributed by atoms with van der Waals surface area (Å²) in [6.45, 7) is 0.227. The van der Waals surface area contributed by atoms with Crippen LogP contribution in [0, 0.1) is 10.1 Å². The zero-order valence-corrected chi connectivity index (χ0v) is 17.1. The van der Waals surface area contributed by atoms with Crippen molar-refractivity contribution in [3.05, 3.63) is 88.9 Å². The number of benzene rings is 1. The van der Waals surface area contributed by atoms with Crippen LogP contribution in [0.1, 0.15) is 17.0 Å². The van der Waals surface area contributed by atoms with Crippen molar-refractivity contribution < 1.29 is 14.4 Å². The van der Waals surface area contributed by atoms with Gasteiger partial charge < -0.3 is 14.5 Å². The molecule has 11 heteroatoms. The lowest BCUT2D eigenvalue weighted by molar-refractivity contribution is -0.386. The molecule has 0 atom stereocenters. The van der Waals surface area contributed by atoms with Crippen LogP contribution in [0.2, 0.25) is 0 Å². The van der Waals surface area contributed by atoms with Gasteiger partial charge in [-0.1, -0.05) is 12.1 Å². The molecule has 0 bridgehead atoms. The van der Waals surface area contributed by atoms with Gasteiger partial charge in [0.15, 0.2) is 11.5 Å². The molecule has 10 nitrogen and oxygen atoms in total. The summed E-state index contributed by atoms with van der Waals surface area (Å²) in [7, 11) is 1.47. The number of ether oxygens (including phenoxy) is 2. The van der Waals surface area contributed by atoms with Crippen LogP contribution in [-0.2, 0) is 6.61 Å². The minimum Gasteiger partial charge on any atom is -0.493 e. The molecule has 0 saturated heterocycles. The quantitative estimate of drug-likeness (QED) is 0.396. The minimum atomic E-state index is -1.08. The molecule has 30 heavy (non-hydrogen) atoms. The first kappa shape index (κ1) is 21.0. The average molecular weight is 475 g/mol. The number of aromatic amines is 2. The maximum absolute atomic E-state index is 11.7. The zero-order valence-electron chi connectivity index (χ0n) is 15.5. The fraction of sp³-hybridized carbons (Fsp3) is 0.105. The zero-order chi connectivity index (χ0) is 21.7. The minimum absolute atomic E-state index is 0.223. The lowest BCUT2D eigenvalue weighted by atomic mass is 10.1. The Morgan fingerprint density at radius 1 is 1.23 bits per heavy atom. The molecule has 2 N–H and O–H groups in total. The Morgan fingerprint density at radius 2 is 2.03 bits per heavy atom. The van der Waals surface area contributed by atoms with Crippen molar-refractivity contribution in [3.63, 3.8) is 0 Å². The molecule has 0 saturated carbocycles. The molecule has 3 aromatic rings. The van der Waals surface area contributed by atoms with E-state index in [1.54, 1.807) is 24.4 Å². The van der Waals surface area contributed by atoms with Crippen LogP contribution in [0.3, 0.4) is 0 Å². The fourth-order valence-corrected chi connectivity index (χ4v) is 3.16. The number of nitrogens with one attached hydrogen (secondary N) is 2. The second kappa shape index (κ2) is 9.18. The summed E-state index contributed by atoms with van der Waals surface area (Å²) in [5.41, 5.74) is -1.59. The molecule has 0 amide bonds. The summed E-state index contributed by atoms with van der Waals surface area (Å²) in [4.78, 5) is 41.7. The van der Waals surface area contributed by atoms with E-state index in [0.717, 1.165) is 5.69 Å². The topological polar surface area (TPSA) is 140 Å². The first-order valence-electron chi connectivity index (χ1n) is 8.48. The van der Waals surface area contributed by atoms with E-state index < -0.39 is 21.9 Å². The van der Waals surface area contributed by atoms with E-state index in [0.29, 0.717) is 21.5 Å². The van der Waals surface area contributed by atoms with Gasteiger partial charge in [-0.15, -0.1) is 0 Å². The number of methoxy groups -OCH3 is 1. The summed E-state index contributed by atoms with van der Waals surface area (Å²) in [6.07, 6.45) is 4.43. The first-order chi connectivity index (χ1) is 14.4. The van der Waals surface area contributed by atoms with Crippen LogP contribution in [-0.4, -0.2) is 27.0 Å². The molecule has 0 spiro atoms. The maximum Gasteiger partial charge on any atom is 0.357 e. The van der Waals surface area contributed by atoms with Crippen LogP contribution < -0.4 is 20.7 Å². The highest BCUT2D eigenvalue weighted by molar-refractivity contribution is 9.10. The molecular formula is C19H15BrN4O6. The lowest BCUT2D eigenvalue weighted by Gasteiger charge is -2.13. The van der Waals surface area contributed by atoms with E-state index in [1.165, 1.54) is 19.3 Å². The Kier molecular flexibility index (Phi) is 6.42. The Labute approximate surface area is 177 Å². The monoisotopic (exact) mass is 474 g/mol. The van der Waals surface area contributed by atoms with Crippen LogP contribution in [0.25, 0.3) is 12.2 Å². The van der Waals surface area contributed by atoms with Crippen LogP contribution in [0.5, 0.6) is 11.5 Å². The standard InChI is InChI=1S/C19H15BrN4O6/c1-29-15-9-11(5-6-14-16(24(27)28)18(25)23-19(26)22-14)8-13(20)17(15)30-10-12-4-2-3-7-21-12/h2-9H,10H2,1H3,(H2,22,23,25,26)/b6-5-. The number of nitrogens with zero attached hydrogens (tertiary/aromatic N) is 2. The number of H-pyrrole nitrogens is 2. The molecule has 0 aliphatic carbocycles. The summed E-state index contributed by atoms with van der Waals surface area (Å²) in [6, 6.07) is 8.83. The third-order valence-corrected chi connectivity index (χ3v) is 4.50. The molecule has 0 aliphatic heterocycles. The lowest BCUT2D eigenvalue weighted by Crippen LogP contribution is -2.25. The smallest absolute Gasteiger partial charge is 0.357 e. The Morgan fingerprint density at radius 3 is 2.70 bits per heavy atom. The highest BCUT2D eigenvalue weighted by Crippen LogP contribution is 2.37. The van der Waals surface area contributed by atoms with E-state index in [2.05, 4.69) is 25.9 Å². The maximum atomic E-state index is 11.7. The number of rotatable bonds is 7. The molecule has 0 radical (unpaired) electrons. The van der Waals surface area contributed by atoms with Crippen molar-refractivity contribution in [3.8, 4) is 11.5 Å². The van der Waals surface area contributed by atoms with Gasteiger partial charge in [-0.05, 0) is 51.8 Å². The van der Waals surface area contributed by atoms with Crippen molar-refractivity contribution in [2.75, 3.05) is 7.11 Å². The Balaban J connectivity index is 1.91. The normalized spacial score (nSPS) is 10.9. The molecule has 154 valence electrons. The Bertz CT molecular complexity index is 1220. The number of halogens is 1. The van der Waals surface area contributed by atoms with Crippen molar-refractivity contribution in [2.24, 2.45) is 0 Å². The molecule has 0 fully saturated rings. The number of nitro groups is 1. The van der Waals surface area contributed by atoms with Crippen LogP contribution in [0.15, 0.2) is 50.6 Å². The molecule has 0 unspecified atom stereocenters. The SMILES string of the molecule is COc1cc(/C=C\c2[nH]c(=O)[nH]c(=O)c2[N+](=O)[O-])cc(Br)c1OCc1ccccn1. The highest BCUT2D eigenvalue weighted by atomic mass is 79.9. The van der Waals surface area contributed by atoms with E-state index in [4.69, 9.17) is 9.47 Å². The van der Waals surface area contributed by atoms with Crippen molar-refractivity contribution in [1.29, 1.82) is 0 Å². The molecule has 1 aromatic carbocycles. The van der Waals surface area contributed by atoms with Crippen molar-refractivity contribution in [2.45, 2.75) is 6.61 Å². The van der Waals surface area contributed by atoms with Gasteiger partial charge >= 0.3 is 16.9 Å². The van der Waals surface area contributed by atoms with Gasteiger partial charge in [0.05, 0.1) is 22.2 Å². The van der Waals surface area contributed by atoms with E-state index in [9.17, 15) is 19.7 Å². The first-order valence-corrected chi connectivity index (χ1v) is 9.27.